The third kappa shape index (κ3) is 4.17. The Morgan fingerprint density at radius 2 is 2.10 bits per heavy atom. The summed E-state index contributed by atoms with van der Waals surface area (Å²) < 4.78 is 7.30. The summed E-state index contributed by atoms with van der Waals surface area (Å²) in [6.45, 7) is 5.87. The first kappa shape index (κ1) is 21.0. The van der Waals surface area contributed by atoms with Crippen LogP contribution in [-0.2, 0) is 4.74 Å². The Labute approximate surface area is 180 Å². The Hall–Kier alpha value is -3.24. The highest BCUT2D eigenvalue weighted by Crippen LogP contribution is 2.31. The number of aromatic nitrogens is 4. The average Bonchev–Trinajstić information content (AvgIpc) is 3.23. The zero-order valence-electron chi connectivity index (χ0n) is 17.9. The van der Waals surface area contributed by atoms with E-state index in [1.54, 1.807) is 17.9 Å². The Kier molecular flexibility index (Phi) is 6.01. The van der Waals surface area contributed by atoms with Crippen molar-refractivity contribution in [1.29, 1.82) is 0 Å². The summed E-state index contributed by atoms with van der Waals surface area (Å²) in [5, 5.41) is 20.2. The van der Waals surface area contributed by atoms with Crippen molar-refractivity contribution in [3.05, 3.63) is 30.5 Å². The van der Waals surface area contributed by atoms with Crippen LogP contribution in [0.3, 0.4) is 0 Å². The molecule has 1 aliphatic rings. The van der Waals surface area contributed by atoms with Gasteiger partial charge in [-0.2, -0.15) is 10.1 Å². The lowest BCUT2D eigenvalue weighted by Gasteiger charge is -2.33. The molecule has 164 valence electrons. The molecule has 0 radical (unpaired) electrons. The summed E-state index contributed by atoms with van der Waals surface area (Å²) in [5.41, 5.74) is 2.99. The maximum Gasteiger partial charge on any atom is 0.318 e. The third-order valence-corrected chi connectivity index (χ3v) is 5.39. The van der Waals surface area contributed by atoms with E-state index in [2.05, 4.69) is 27.6 Å². The highest BCUT2D eigenvalue weighted by molar-refractivity contribution is 5.93. The first-order valence-corrected chi connectivity index (χ1v) is 10.3. The van der Waals surface area contributed by atoms with E-state index in [1.807, 2.05) is 31.2 Å². The van der Waals surface area contributed by atoms with Gasteiger partial charge in [-0.05, 0) is 26.0 Å². The van der Waals surface area contributed by atoms with Gasteiger partial charge in [0.05, 0.1) is 49.2 Å². The van der Waals surface area contributed by atoms with Gasteiger partial charge < -0.3 is 25.4 Å². The molecule has 3 aromatic rings. The van der Waals surface area contributed by atoms with Crippen LogP contribution in [0.5, 0.6) is 0 Å². The molecule has 3 N–H and O–H groups in total. The topological polar surface area (TPSA) is 117 Å². The van der Waals surface area contributed by atoms with Crippen molar-refractivity contribution in [3.8, 4) is 11.3 Å². The fraction of sp³-hybridized carbons (Fsp3) is 0.429. The fourth-order valence-electron chi connectivity index (χ4n) is 3.59. The number of rotatable bonds is 5. The predicted molar refractivity (Wildman–Crippen MR) is 118 cm³/mol. The minimum Gasteiger partial charge on any atom is -0.394 e. The number of aliphatic hydroxyl groups excluding tert-OH is 1. The van der Waals surface area contributed by atoms with E-state index in [9.17, 15) is 9.90 Å². The summed E-state index contributed by atoms with van der Waals surface area (Å²) >= 11 is 0. The van der Waals surface area contributed by atoms with E-state index in [0.717, 1.165) is 16.6 Å². The molecule has 0 bridgehead atoms. The van der Waals surface area contributed by atoms with Crippen LogP contribution in [0.1, 0.15) is 19.9 Å². The second kappa shape index (κ2) is 8.86. The number of hydrogen-bond acceptors (Lipinski definition) is 7. The van der Waals surface area contributed by atoms with E-state index in [4.69, 9.17) is 14.7 Å². The van der Waals surface area contributed by atoms with Gasteiger partial charge in [0.1, 0.15) is 0 Å². The van der Waals surface area contributed by atoms with Crippen molar-refractivity contribution in [2.45, 2.75) is 25.9 Å². The highest BCUT2D eigenvalue weighted by Gasteiger charge is 2.25. The number of hydrogen-bond donors (Lipinski definition) is 3. The largest absolute Gasteiger partial charge is 0.394 e. The van der Waals surface area contributed by atoms with Gasteiger partial charge in [0, 0.05) is 24.8 Å². The second-order valence-corrected chi connectivity index (χ2v) is 7.63. The van der Waals surface area contributed by atoms with E-state index in [1.165, 1.54) is 0 Å². The zero-order chi connectivity index (χ0) is 22.0. The lowest BCUT2D eigenvalue weighted by Crippen LogP contribution is -2.44. The maximum absolute atomic E-state index is 11.6. The third-order valence-electron chi connectivity index (χ3n) is 5.39. The summed E-state index contributed by atoms with van der Waals surface area (Å²) in [5.74, 6) is 0.609. The Bertz CT molecular complexity index is 1070. The summed E-state index contributed by atoms with van der Waals surface area (Å²) in [4.78, 5) is 23.4. The number of carbonyl (C=O) groups is 1. The molecular formula is C21H27N7O3. The number of amides is 2. The molecule has 0 spiro atoms. The van der Waals surface area contributed by atoms with Crippen molar-refractivity contribution in [3.63, 3.8) is 0 Å². The molecule has 3 heterocycles. The molecule has 10 nitrogen and oxygen atoms in total. The fourth-order valence-corrected chi connectivity index (χ4v) is 3.59. The van der Waals surface area contributed by atoms with Crippen LogP contribution in [-0.4, -0.2) is 70.3 Å². The van der Waals surface area contributed by atoms with Gasteiger partial charge >= 0.3 is 6.03 Å². The molecule has 0 aliphatic carbocycles. The molecule has 2 atom stereocenters. The van der Waals surface area contributed by atoms with Crippen LogP contribution >= 0.6 is 0 Å². The van der Waals surface area contributed by atoms with Gasteiger partial charge in [0.15, 0.2) is 5.65 Å². The monoisotopic (exact) mass is 425 g/mol. The molecule has 10 heteroatoms. The van der Waals surface area contributed by atoms with Gasteiger partial charge in [-0.15, -0.1) is 0 Å². The van der Waals surface area contributed by atoms with Crippen LogP contribution in [0, 0.1) is 0 Å². The first-order valence-electron chi connectivity index (χ1n) is 10.3. The molecule has 1 unspecified atom stereocenters. The van der Waals surface area contributed by atoms with E-state index in [-0.39, 0.29) is 24.7 Å². The van der Waals surface area contributed by atoms with Crippen LogP contribution < -0.4 is 15.5 Å². The molecule has 1 aliphatic heterocycles. The number of aliphatic hydroxyl groups is 1. The van der Waals surface area contributed by atoms with Crippen LogP contribution in [0.25, 0.3) is 22.3 Å². The summed E-state index contributed by atoms with van der Waals surface area (Å²) in [6.07, 6.45) is 1.74. The molecule has 1 aromatic carbocycles. The zero-order valence-corrected chi connectivity index (χ0v) is 17.9. The standard InChI is InChI=1S/C21H27N7O3/c1-13(11-29)28-19-17(10-23-28)18(15-4-6-16(7-5-15)24-21(30)22-3)25-20(26-19)27-8-9-31-12-14(27)2/h4-7,10,13-14,29H,8-9,11-12H2,1-3H3,(H2,22,24,30)/t13?,14-/m0/s1. The predicted octanol–water partition coefficient (Wildman–Crippen LogP) is 2.02. The van der Waals surface area contributed by atoms with Gasteiger partial charge in [-0.3, -0.25) is 0 Å². The van der Waals surface area contributed by atoms with Crippen molar-refractivity contribution >= 4 is 28.7 Å². The Morgan fingerprint density at radius 1 is 1.32 bits per heavy atom. The molecule has 4 rings (SSSR count). The lowest BCUT2D eigenvalue weighted by atomic mass is 10.1. The Balaban J connectivity index is 1.81. The average molecular weight is 425 g/mol. The number of nitrogens with zero attached hydrogens (tertiary/aromatic N) is 5. The summed E-state index contributed by atoms with van der Waals surface area (Å²) in [7, 11) is 1.57. The molecule has 1 fully saturated rings. The number of urea groups is 1. The molecule has 2 aromatic heterocycles. The molecular weight excluding hydrogens is 398 g/mol. The minimum atomic E-state index is -0.278. The van der Waals surface area contributed by atoms with E-state index in [0.29, 0.717) is 37.0 Å². The minimum absolute atomic E-state index is 0.0424. The normalized spacial score (nSPS) is 17.5. The SMILES string of the molecule is CNC(=O)Nc1ccc(-c2nc(N3CCOC[C@@H]3C)nc3c2cnn3C(C)CO)cc1. The second-order valence-electron chi connectivity index (χ2n) is 7.63. The molecule has 2 amide bonds. The molecule has 0 saturated carbocycles. The molecule has 1 saturated heterocycles. The van der Waals surface area contributed by atoms with E-state index >= 15 is 0 Å². The maximum atomic E-state index is 11.6. The van der Waals surface area contributed by atoms with Crippen molar-refractivity contribution in [2.24, 2.45) is 0 Å². The van der Waals surface area contributed by atoms with Gasteiger partial charge in [-0.25, -0.2) is 14.5 Å². The number of ether oxygens (including phenoxy) is 1. The highest BCUT2D eigenvalue weighted by atomic mass is 16.5. The van der Waals surface area contributed by atoms with Crippen LogP contribution in [0.15, 0.2) is 30.5 Å². The number of benzene rings is 1. The molecule has 31 heavy (non-hydrogen) atoms. The van der Waals surface area contributed by atoms with Crippen molar-refractivity contribution in [2.75, 3.05) is 43.6 Å². The quantitative estimate of drug-likeness (QED) is 0.572. The van der Waals surface area contributed by atoms with Crippen molar-refractivity contribution in [1.82, 2.24) is 25.1 Å². The lowest BCUT2D eigenvalue weighted by molar-refractivity contribution is 0.0981. The number of fused-ring (bicyclic) bond motifs is 1. The smallest absolute Gasteiger partial charge is 0.318 e. The first-order chi connectivity index (χ1) is 15.0. The number of morpholine rings is 1. The number of nitrogens with one attached hydrogen (secondary N) is 2. The van der Waals surface area contributed by atoms with Gasteiger partial charge in [-0.1, -0.05) is 12.1 Å². The Morgan fingerprint density at radius 3 is 2.77 bits per heavy atom. The number of carbonyl (C=O) groups excluding carboxylic acids is 1. The van der Waals surface area contributed by atoms with Crippen molar-refractivity contribution < 1.29 is 14.6 Å². The summed E-state index contributed by atoms with van der Waals surface area (Å²) in [6, 6.07) is 7.13. The van der Waals surface area contributed by atoms with Crippen LogP contribution in [0.2, 0.25) is 0 Å². The van der Waals surface area contributed by atoms with Gasteiger partial charge in [0.2, 0.25) is 5.95 Å². The van der Waals surface area contributed by atoms with Crippen LogP contribution in [0.4, 0.5) is 16.4 Å². The number of anilines is 2. The van der Waals surface area contributed by atoms with E-state index < -0.39 is 0 Å². The van der Waals surface area contributed by atoms with Gasteiger partial charge in [0.25, 0.3) is 0 Å².